The fourth-order valence-electron chi connectivity index (χ4n) is 4.43. The maximum absolute atomic E-state index is 14.2. The normalized spacial score (nSPS) is 32.6. The lowest BCUT2D eigenvalue weighted by Crippen LogP contribution is -2.56. The SMILES string of the molecule is CC1(O)CC(NC(=O)CN2CC3(CC3(F)F)c3cc(C(F)(F)F)ccc3C2=O)C1. The smallest absolute Gasteiger partial charge is 0.390 e. The summed E-state index contributed by atoms with van der Waals surface area (Å²) in [6, 6.07) is 1.95. The van der Waals surface area contributed by atoms with Crippen molar-refractivity contribution in [2.75, 3.05) is 13.1 Å². The van der Waals surface area contributed by atoms with E-state index in [0.717, 1.165) is 11.0 Å². The third kappa shape index (κ3) is 3.27. The molecule has 1 heterocycles. The first-order valence-electron chi connectivity index (χ1n) is 9.15. The minimum Gasteiger partial charge on any atom is -0.390 e. The highest BCUT2D eigenvalue weighted by atomic mass is 19.4. The first-order chi connectivity index (χ1) is 13.2. The van der Waals surface area contributed by atoms with Crippen LogP contribution in [0.15, 0.2) is 18.2 Å². The molecule has 2 fully saturated rings. The molecule has 2 amide bonds. The molecule has 158 valence electrons. The average Bonchev–Trinajstić information content (AvgIpc) is 3.10. The summed E-state index contributed by atoms with van der Waals surface area (Å²) in [6.07, 6.45) is -4.70. The molecule has 0 saturated heterocycles. The van der Waals surface area contributed by atoms with Gasteiger partial charge in [0.05, 0.1) is 23.1 Å². The van der Waals surface area contributed by atoms with Crippen molar-refractivity contribution < 1.29 is 36.6 Å². The molecule has 29 heavy (non-hydrogen) atoms. The van der Waals surface area contributed by atoms with E-state index < -0.39 is 60.0 Å². The summed E-state index contributed by atoms with van der Waals surface area (Å²) in [5, 5.41) is 12.3. The van der Waals surface area contributed by atoms with Gasteiger partial charge in [0, 0.05) is 24.6 Å². The number of benzene rings is 1. The zero-order valence-corrected chi connectivity index (χ0v) is 15.4. The van der Waals surface area contributed by atoms with Crippen molar-refractivity contribution in [2.24, 2.45) is 0 Å². The van der Waals surface area contributed by atoms with Gasteiger partial charge in [-0.2, -0.15) is 13.2 Å². The number of carbonyl (C=O) groups is 2. The molecule has 0 aromatic heterocycles. The number of aliphatic hydroxyl groups is 1. The highest BCUT2D eigenvalue weighted by molar-refractivity contribution is 6.00. The van der Waals surface area contributed by atoms with Gasteiger partial charge >= 0.3 is 6.18 Å². The maximum Gasteiger partial charge on any atom is 0.416 e. The third-order valence-corrected chi connectivity index (χ3v) is 6.01. The minimum absolute atomic E-state index is 0.235. The van der Waals surface area contributed by atoms with Crippen molar-refractivity contribution in [1.82, 2.24) is 10.2 Å². The number of amides is 2. The van der Waals surface area contributed by atoms with Crippen molar-refractivity contribution >= 4 is 11.8 Å². The molecule has 1 aromatic carbocycles. The van der Waals surface area contributed by atoms with Gasteiger partial charge in [0.15, 0.2) is 0 Å². The summed E-state index contributed by atoms with van der Waals surface area (Å²) in [5.74, 6) is -4.57. The van der Waals surface area contributed by atoms with Gasteiger partial charge in [-0.3, -0.25) is 9.59 Å². The van der Waals surface area contributed by atoms with Gasteiger partial charge < -0.3 is 15.3 Å². The lowest BCUT2D eigenvalue weighted by atomic mass is 9.77. The number of hydrogen-bond acceptors (Lipinski definition) is 3. The van der Waals surface area contributed by atoms with E-state index in [1.165, 1.54) is 0 Å². The number of fused-ring (bicyclic) bond motifs is 2. The number of nitrogens with zero attached hydrogens (tertiary/aromatic N) is 1. The van der Waals surface area contributed by atoms with E-state index in [2.05, 4.69) is 5.32 Å². The molecule has 3 aliphatic rings. The van der Waals surface area contributed by atoms with Crippen LogP contribution in [0.5, 0.6) is 0 Å². The summed E-state index contributed by atoms with van der Waals surface area (Å²) in [5.41, 5.74) is -4.41. The highest BCUT2D eigenvalue weighted by Gasteiger charge is 2.74. The van der Waals surface area contributed by atoms with Crippen LogP contribution >= 0.6 is 0 Å². The number of hydrogen-bond donors (Lipinski definition) is 2. The van der Waals surface area contributed by atoms with E-state index in [-0.39, 0.29) is 17.2 Å². The summed E-state index contributed by atoms with van der Waals surface area (Å²) in [6.45, 7) is 0.619. The fraction of sp³-hybridized carbons (Fsp3) is 0.579. The second-order valence-electron chi connectivity index (χ2n) is 8.55. The predicted molar refractivity (Wildman–Crippen MR) is 90.4 cm³/mol. The van der Waals surface area contributed by atoms with Gasteiger partial charge in [-0.1, -0.05) is 0 Å². The largest absolute Gasteiger partial charge is 0.416 e. The number of carbonyl (C=O) groups excluding carboxylic acids is 2. The quantitative estimate of drug-likeness (QED) is 0.742. The Morgan fingerprint density at radius 2 is 1.93 bits per heavy atom. The van der Waals surface area contributed by atoms with E-state index in [1.807, 2.05) is 0 Å². The van der Waals surface area contributed by atoms with Crippen LogP contribution < -0.4 is 5.32 Å². The number of rotatable bonds is 3. The van der Waals surface area contributed by atoms with Gasteiger partial charge in [-0.15, -0.1) is 0 Å². The first kappa shape index (κ1) is 20.1. The molecule has 1 unspecified atom stereocenters. The zero-order chi connectivity index (χ0) is 21.4. The molecular weight excluding hydrogens is 399 g/mol. The van der Waals surface area contributed by atoms with Gasteiger partial charge in [0.2, 0.25) is 5.91 Å². The lowest BCUT2D eigenvalue weighted by Gasteiger charge is -2.41. The third-order valence-electron chi connectivity index (χ3n) is 6.01. The number of nitrogens with one attached hydrogen (secondary N) is 1. The van der Waals surface area contributed by atoms with Crippen LogP contribution in [0.3, 0.4) is 0 Å². The minimum atomic E-state index is -4.72. The molecule has 5 nitrogen and oxygen atoms in total. The van der Waals surface area contributed by atoms with Crippen LogP contribution in [-0.2, 0) is 16.4 Å². The zero-order valence-electron chi connectivity index (χ0n) is 15.4. The van der Waals surface area contributed by atoms with Crippen LogP contribution in [0, 0.1) is 0 Å². The van der Waals surface area contributed by atoms with Crippen molar-refractivity contribution in [3.8, 4) is 0 Å². The Bertz CT molecular complexity index is 890. The summed E-state index contributed by atoms with van der Waals surface area (Å²) < 4.78 is 67.5. The molecule has 4 rings (SSSR count). The Balaban J connectivity index is 1.57. The average molecular weight is 418 g/mol. The molecule has 0 bridgehead atoms. The van der Waals surface area contributed by atoms with Crippen molar-refractivity contribution in [2.45, 2.75) is 55.3 Å². The Kier molecular flexibility index (Phi) is 4.08. The fourth-order valence-corrected chi connectivity index (χ4v) is 4.43. The highest BCUT2D eigenvalue weighted by Crippen LogP contribution is 2.64. The number of alkyl halides is 5. The van der Waals surface area contributed by atoms with Crippen LogP contribution in [0.1, 0.15) is 47.7 Å². The molecule has 1 spiro atoms. The van der Waals surface area contributed by atoms with Gasteiger partial charge in [-0.05, 0) is 43.5 Å². The molecule has 2 aliphatic carbocycles. The van der Waals surface area contributed by atoms with Crippen LogP contribution in [0.4, 0.5) is 22.0 Å². The summed E-state index contributed by atoms with van der Waals surface area (Å²) >= 11 is 0. The Labute approximate surface area is 162 Å². The standard InChI is InChI=1S/C19H19F5N2O3/c1-16(29)5-11(6-16)25-14(27)7-26-9-17(8-18(17,20)21)13-4-10(19(22,23)24)2-3-12(13)15(26)28/h2-4,11,29H,5-9H2,1H3,(H,25,27). The Morgan fingerprint density at radius 1 is 1.31 bits per heavy atom. The van der Waals surface area contributed by atoms with Crippen LogP contribution in [0.2, 0.25) is 0 Å². The lowest BCUT2D eigenvalue weighted by molar-refractivity contribution is -0.137. The first-order valence-corrected chi connectivity index (χ1v) is 9.15. The van der Waals surface area contributed by atoms with Crippen LogP contribution in [0.25, 0.3) is 0 Å². The maximum atomic E-state index is 14.2. The monoisotopic (exact) mass is 418 g/mol. The Hall–Kier alpha value is -2.23. The molecule has 0 radical (unpaired) electrons. The van der Waals surface area contributed by atoms with Crippen molar-refractivity contribution in [1.29, 1.82) is 0 Å². The topological polar surface area (TPSA) is 69.6 Å². The van der Waals surface area contributed by atoms with E-state index >= 15 is 0 Å². The second kappa shape index (κ2) is 5.90. The van der Waals surface area contributed by atoms with E-state index in [0.29, 0.717) is 25.0 Å². The Morgan fingerprint density at radius 3 is 2.45 bits per heavy atom. The second-order valence-corrected chi connectivity index (χ2v) is 8.55. The van der Waals surface area contributed by atoms with Crippen LogP contribution in [-0.4, -0.2) is 52.5 Å². The molecule has 1 aromatic rings. The molecule has 2 saturated carbocycles. The molecule has 10 heteroatoms. The van der Waals surface area contributed by atoms with Crippen molar-refractivity contribution in [3.05, 3.63) is 34.9 Å². The van der Waals surface area contributed by atoms with E-state index in [9.17, 15) is 36.6 Å². The van der Waals surface area contributed by atoms with Gasteiger partial charge in [0.25, 0.3) is 11.8 Å². The van der Waals surface area contributed by atoms with Crippen molar-refractivity contribution in [3.63, 3.8) is 0 Å². The van der Waals surface area contributed by atoms with Gasteiger partial charge in [0.1, 0.15) is 0 Å². The molecular formula is C19H19F5N2O3. The predicted octanol–water partition coefficient (Wildman–Crippen LogP) is 2.47. The summed E-state index contributed by atoms with van der Waals surface area (Å²) in [7, 11) is 0. The molecule has 2 N–H and O–H groups in total. The molecule has 1 aliphatic heterocycles. The van der Waals surface area contributed by atoms with E-state index in [1.54, 1.807) is 6.92 Å². The summed E-state index contributed by atoms with van der Waals surface area (Å²) in [4.78, 5) is 25.9. The van der Waals surface area contributed by atoms with E-state index in [4.69, 9.17) is 0 Å². The van der Waals surface area contributed by atoms with Gasteiger partial charge in [-0.25, -0.2) is 8.78 Å². The molecule has 1 atom stereocenters. The number of halogens is 5.